The highest BCUT2D eigenvalue weighted by Gasteiger charge is 1.96. The van der Waals surface area contributed by atoms with Gasteiger partial charge in [-0.25, -0.2) is 0 Å². The molecule has 0 heterocycles. The van der Waals surface area contributed by atoms with E-state index in [1.54, 1.807) is 0 Å². The molecule has 0 aliphatic heterocycles. The molecule has 0 bridgehead atoms. The molecule has 0 saturated carbocycles. The van der Waals surface area contributed by atoms with E-state index in [2.05, 4.69) is 20.3 Å². The molecule has 0 aromatic rings. The van der Waals surface area contributed by atoms with Crippen molar-refractivity contribution in [1.29, 1.82) is 0 Å². The van der Waals surface area contributed by atoms with Gasteiger partial charge in [-0.2, -0.15) is 0 Å². The van der Waals surface area contributed by atoms with Crippen molar-refractivity contribution in [2.24, 2.45) is 0 Å². The number of unbranched alkanes of at least 4 members (excludes halogenated alkanes) is 29. The van der Waals surface area contributed by atoms with E-state index >= 15 is 0 Å². The van der Waals surface area contributed by atoms with Crippen molar-refractivity contribution in [3.8, 4) is 0 Å². The molecule has 0 fully saturated rings. The zero-order valence-corrected chi connectivity index (χ0v) is 23.1. The summed E-state index contributed by atoms with van der Waals surface area (Å²) in [6.07, 6.45) is 45.0. The zero-order valence-electron chi connectivity index (χ0n) is 23.1. The molecular weight excluding hydrogens is 384 g/mol. The van der Waals surface area contributed by atoms with E-state index in [-0.39, 0.29) is 0 Å². The Kier molecular flexibility index (Phi) is 31.0. The highest BCUT2D eigenvalue weighted by Crippen LogP contribution is 2.16. The van der Waals surface area contributed by atoms with E-state index in [9.17, 15) is 0 Å². The van der Waals surface area contributed by atoms with Crippen molar-refractivity contribution in [2.45, 2.75) is 200 Å². The second kappa shape index (κ2) is 31.0. The first-order valence-electron chi connectivity index (χ1n) is 15.7. The normalized spacial score (nSPS) is 11.4. The fourth-order valence-corrected chi connectivity index (χ4v) is 5.02. The Morgan fingerprint density at radius 2 is 0.469 bits per heavy atom. The van der Waals surface area contributed by atoms with Crippen LogP contribution in [0.15, 0.2) is 0 Å². The molecular formula is C32H65. The molecule has 0 saturated heterocycles. The Labute approximate surface area is 206 Å². The topological polar surface area (TPSA) is 0 Å². The molecule has 0 spiro atoms. The van der Waals surface area contributed by atoms with E-state index in [0.29, 0.717) is 0 Å². The second-order valence-corrected chi connectivity index (χ2v) is 10.7. The average Bonchev–Trinajstić information content (AvgIpc) is 2.81. The van der Waals surface area contributed by atoms with Crippen molar-refractivity contribution in [1.82, 2.24) is 0 Å². The molecule has 1 radical (unpaired) electrons. The lowest BCUT2D eigenvalue weighted by Crippen LogP contribution is -1.85. The monoisotopic (exact) mass is 450 g/mol. The Balaban J connectivity index is 2.98. The molecule has 0 unspecified atom stereocenters. The van der Waals surface area contributed by atoms with Crippen LogP contribution in [0.4, 0.5) is 0 Å². The first-order valence-corrected chi connectivity index (χ1v) is 15.7. The van der Waals surface area contributed by atoms with Crippen LogP contribution in [0.2, 0.25) is 0 Å². The van der Waals surface area contributed by atoms with Crippen LogP contribution in [-0.4, -0.2) is 0 Å². The Bertz CT molecular complexity index is 264. The third kappa shape index (κ3) is 30.0. The first-order chi connectivity index (χ1) is 15.9. The maximum Gasteiger partial charge on any atom is -0.0417 e. The molecule has 0 aliphatic carbocycles. The summed E-state index contributed by atoms with van der Waals surface area (Å²) in [7, 11) is 0. The molecule has 193 valence electrons. The van der Waals surface area contributed by atoms with Crippen LogP contribution in [0, 0.1) is 6.42 Å². The van der Waals surface area contributed by atoms with Gasteiger partial charge in [0.2, 0.25) is 0 Å². The van der Waals surface area contributed by atoms with Crippen LogP contribution in [-0.2, 0) is 0 Å². The standard InChI is InChI=1S/C32H65/c1-3-5-7-9-11-13-15-17-19-21-23-25-27-29-31-32-30-28-26-24-22-20-18-16-14-12-10-8-6-4-2/h3H,4-32H2,1-2H3. The molecule has 0 N–H and O–H groups in total. The van der Waals surface area contributed by atoms with Gasteiger partial charge in [0.1, 0.15) is 0 Å². The maximum atomic E-state index is 2.31. The van der Waals surface area contributed by atoms with Crippen molar-refractivity contribution in [2.75, 3.05) is 0 Å². The largest absolute Gasteiger partial charge is 0.0654 e. The summed E-state index contributed by atoms with van der Waals surface area (Å²) in [6.45, 7) is 4.49. The Morgan fingerprint density at radius 1 is 0.281 bits per heavy atom. The number of hydrogen-bond donors (Lipinski definition) is 0. The van der Waals surface area contributed by atoms with E-state index < -0.39 is 0 Å². The van der Waals surface area contributed by atoms with Gasteiger partial charge >= 0.3 is 0 Å². The van der Waals surface area contributed by atoms with Gasteiger partial charge in [-0.15, -0.1) is 0 Å². The van der Waals surface area contributed by atoms with Crippen molar-refractivity contribution in [3.63, 3.8) is 0 Å². The molecule has 32 heavy (non-hydrogen) atoms. The van der Waals surface area contributed by atoms with Crippen molar-refractivity contribution < 1.29 is 0 Å². The fourth-order valence-electron chi connectivity index (χ4n) is 5.02. The Morgan fingerprint density at radius 3 is 0.656 bits per heavy atom. The molecule has 0 amide bonds. The van der Waals surface area contributed by atoms with Gasteiger partial charge in [-0.3, -0.25) is 0 Å². The maximum absolute atomic E-state index is 2.31. The van der Waals surface area contributed by atoms with Crippen LogP contribution in [0.5, 0.6) is 0 Å². The predicted molar refractivity (Wildman–Crippen MR) is 150 cm³/mol. The molecule has 0 rings (SSSR count). The predicted octanol–water partition coefficient (Wildman–Crippen LogP) is 12.5. The van der Waals surface area contributed by atoms with Crippen LogP contribution in [0.3, 0.4) is 0 Å². The molecule has 0 heteroatoms. The average molecular weight is 450 g/mol. The lowest BCUT2D eigenvalue weighted by Gasteiger charge is -2.04. The first kappa shape index (κ1) is 32.0. The van der Waals surface area contributed by atoms with Gasteiger partial charge in [0.05, 0.1) is 0 Å². The molecule has 0 aliphatic rings. The summed E-state index contributed by atoms with van der Waals surface area (Å²) in [5.41, 5.74) is 0. The quantitative estimate of drug-likeness (QED) is 0.0995. The summed E-state index contributed by atoms with van der Waals surface area (Å²) in [5, 5.41) is 0. The van der Waals surface area contributed by atoms with Crippen LogP contribution in [0.25, 0.3) is 0 Å². The van der Waals surface area contributed by atoms with E-state index in [0.717, 1.165) is 0 Å². The van der Waals surface area contributed by atoms with Crippen LogP contribution >= 0.6 is 0 Å². The Hall–Kier alpha value is 0. The minimum absolute atomic E-state index is 1.32. The molecule has 0 aromatic heterocycles. The summed E-state index contributed by atoms with van der Waals surface area (Å²) >= 11 is 0. The van der Waals surface area contributed by atoms with Crippen LogP contribution < -0.4 is 0 Å². The fraction of sp³-hybridized carbons (Fsp3) is 0.969. The molecule has 0 aromatic carbocycles. The minimum atomic E-state index is 1.32. The van der Waals surface area contributed by atoms with Gasteiger partial charge in [0, 0.05) is 0 Å². The van der Waals surface area contributed by atoms with Gasteiger partial charge in [0.25, 0.3) is 0 Å². The van der Waals surface area contributed by atoms with E-state index in [1.165, 1.54) is 186 Å². The third-order valence-electron chi connectivity index (χ3n) is 7.35. The number of rotatable bonds is 29. The van der Waals surface area contributed by atoms with E-state index in [4.69, 9.17) is 0 Å². The molecule has 0 nitrogen and oxygen atoms in total. The number of hydrogen-bond acceptors (Lipinski definition) is 0. The van der Waals surface area contributed by atoms with Crippen molar-refractivity contribution in [3.05, 3.63) is 6.42 Å². The van der Waals surface area contributed by atoms with Gasteiger partial charge in [-0.05, 0) is 6.42 Å². The highest BCUT2D eigenvalue weighted by molar-refractivity contribution is 4.56. The van der Waals surface area contributed by atoms with Gasteiger partial charge < -0.3 is 0 Å². The summed E-state index contributed by atoms with van der Waals surface area (Å²) in [5.74, 6) is 0. The van der Waals surface area contributed by atoms with Gasteiger partial charge in [-0.1, -0.05) is 200 Å². The minimum Gasteiger partial charge on any atom is -0.0654 e. The SMILES string of the molecule is C[CH]CCCCCCCCCCCCCCCCCCCCCCCCCCCCCC. The third-order valence-corrected chi connectivity index (χ3v) is 7.35. The zero-order chi connectivity index (χ0) is 23.2. The summed E-state index contributed by atoms with van der Waals surface area (Å²) in [4.78, 5) is 0. The summed E-state index contributed by atoms with van der Waals surface area (Å²) < 4.78 is 0. The van der Waals surface area contributed by atoms with Crippen molar-refractivity contribution >= 4 is 0 Å². The van der Waals surface area contributed by atoms with Crippen LogP contribution in [0.1, 0.15) is 200 Å². The van der Waals surface area contributed by atoms with E-state index in [1.807, 2.05) is 0 Å². The van der Waals surface area contributed by atoms with Gasteiger partial charge in [0.15, 0.2) is 0 Å². The molecule has 0 atom stereocenters. The lowest BCUT2D eigenvalue weighted by molar-refractivity contribution is 0.514. The highest BCUT2D eigenvalue weighted by atomic mass is 14.0. The summed E-state index contributed by atoms with van der Waals surface area (Å²) in [6, 6.07) is 0. The second-order valence-electron chi connectivity index (χ2n) is 10.7. The lowest BCUT2D eigenvalue weighted by atomic mass is 10.0. The smallest absolute Gasteiger partial charge is 0.0417 e.